The summed E-state index contributed by atoms with van der Waals surface area (Å²) >= 11 is 3.21. The van der Waals surface area contributed by atoms with Gasteiger partial charge in [0.15, 0.2) is 5.82 Å². The van der Waals surface area contributed by atoms with Crippen LogP contribution >= 0.6 is 15.9 Å². The van der Waals surface area contributed by atoms with Crippen molar-refractivity contribution in [1.29, 1.82) is 0 Å². The first-order chi connectivity index (χ1) is 9.16. The predicted molar refractivity (Wildman–Crippen MR) is 74.6 cm³/mol. The van der Waals surface area contributed by atoms with Crippen molar-refractivity contribution in [3.05, 3.63) is 45.4 Å². The van der Waals surface area contributed by atoms with Crippen molar-refractivity contribution < 1.29 is 4.79 Å². The fourth-order valence-corrected chi connectivity index (χ4v) is 2.41. The van der Waals surface area contributed by atoms with E-state index in [1.807, 2.05) is 18.2 Å². The molecule has 1 aromatic heterocycles. The number of nitrogens with one attached hydrogen (secondary N) is 2. The van der Waals surface area contributed by atoms with Crippen LogP contribution in [0.15, 0.2) is 39.9 Å². The van der Waals surface area contributed by atoms with Crippen LogP contribution in [0.25, 0.3) is 0 Å². The minimum Gasteiger partial charge on any atom is -0.323 e. The van der Waals surface area contributed by atoms with Gasteiger partial charge in [0.1, 0.15) is 11.0 Å². The number of hydrogen-bond acceptors (Lipinski definition) is 4. The molecule has 96 valence electrons. The third kappa shape index (κ3) is 2.01. The summed E-state index contributed by atoms with van der Waals surface area (Å²) in [5.74, 6) is 0.277. The van der Waals surface area contributed by atoms with Gasteiger partial charge in [-0.3, -0.25) is 9.59 Å². The topological polar surface area (TPSA) is 78.1 Å². The summed E-state index contributed by atoms with van der Waals surface area (Å²) < 4.78 is 0.305. The second kappa shape index (κ2) is 4.51. The number of H-pyrrole nitrogens is 1. The van der Waals surface area contributed by atoms with E-state index in [1.165, 1.54) is 6.33 Å². The Labute approximate surface area is 116 Å². The van der Waals surface area contributed by atoms with Crippen molar-refractivity contribution in [2.45, 2.75) is 0 Å². The zero-order valence-electron chi connectivity index (χ0n) is 9.68. The summed E-state index contributed by atoms with van der Waals surface area (Å²) in [4.78, 5) is 31.6. The van der Waals surface area contributed by atoms with Gasteiger partial charge in [-0.15, -0.1) is 0 Å². The Morgan fingerprint density at radius 3 is 2.89 bits per heavy atom. The van der Waals surface area contributed by atoms with E-state index in [2.05, 4.69) is 31.2 Å². The summed E-state index contributed by atoms with van der Waals surface area (Å²) in [5.41, 5.74) is 1.22. The highest BCUT2D eigenvalue weighted by atomic mass is 79.9. The molecule has 0 unspecified atom stereocenters. The van der Waals surface area contributed by atoms with E-state index in [9.17, 15) is 9.59 Å². The summed E-state index contributed by atoms with van der Waals surface area (Å²) in [7, 11) is 0. The number of halogens is 1. The fourth-order valence-electron chi connectivity index (χ4n) is 1.98. The molecule has 1 aromatic carbocycles. The number of rotatable bonds is 1. The van der Waals surface area contributed by atoms with E-state index < -0.39 is 0 Å². The molecule has 1 amide bonds. The average molecular weight is 321 g/mol. The Balaban J connectivity index is 2.18. The van der Waals surface area contributed by atoms with Gasteiger partial charge >= 0.3 is 0 Å². The number of benzene rings is 1. The average Bonchev–Trinajstić information content (AvgIpc) is 2.41. The van der Waals surface area contributed by atoms with Crippen molar-refractivity contribution in [1.82, 2.24) is 9.97 Å². The van der Waals surface area contributed by atoms with E-state index in [-0.39, 0.29) is 18.0 Å². The van der Waals surface area contributed by atoms with Crippen LogP contribution in [-0.4, -0.2) is 22.4 Å². The number of fused-ring (bicyclic) bond motifs is 1. The molecule has 1 aliphatic heterocycles. The zero-order chi connectivity index (χ0) is 13.4. The molecule has 3 rings (SSSR count). The molecule has 0 fully saturated rings. The lowest BCUT2D eigenvalue weighted by molar-refractivity contribution is -0.115. The Kier molecular flexibility index (Phi) is 2.83. The van der Waals surface area contributed by atoms with E-state index in [1.54, 1.807) is 11.0 Å². The molecule has 0 radical (unpaired) electrons. The van der Waals surface area contributed by atoms with E-state index in [4.69, 9.17) is 0 Å². The molecule has 0 saturated carbocycles. The van der Waals surface area contributed by atoms with Gasteiger partial charge in [-0.05, 0) is 28.1 Å². The minimum atomic E-state index is -0.284. The number of carbonyl (C=O) groups is 1. The highest BCUT2D eigenvalue weighted by Gasteiger charge is 2.25. The molecule has 1 aliphatic rings. The minimum absolute atomic E-state index is 0.117. The number of aromatic nitrogens is 2. The zero-order valence-corrected chi connectivity index (χ0v) is 11.3. The highest BCUT2D eigenvalue weighted by Crippen LogP contribution is 2.35. The highest BCUT2D eigenvalue weighted by molar-refractivity contribution is 9.10. The molecule has 0 spiro atoms. The van der Waals surface area contributed by atoms with Crippen molar-refractivity contribution in [2.24, 2.45) is 0 Å². The van der Waals surface area contributed by atoms with Crippen molar-refractivity contribution >= 4 is 39.0 Å². The van der Waals surface area contributed by atoms with Gasteiger partial charge in [-0.1, -0.05) is 12.1 Å². The maximum atomic E-state index is 11.7. The van der Waals surface area contributed by atoms with E-state index >= 15 is 0 Å². The quantitative estimate of drug-likeness (QED) is 0.837. The van der Waals surface area contributed by atoms with Gasteiger partial charge in [-0.25, -0.2) is 4.98 Å². The number of anilines is 3. The molecule has 0 saturated heterocycles. The lowest BCUT2D eigenvalue weighted by Gasteiger charge is -2.30. The molecule has 2 heterocycles. The summed E-state index contributed by atoms with van der Waals surface area (Å²) in [5, 5.41) is 2.78. The number of amides is 1. The smallest absolute Gasteiger partial charge is 0.267 e. The molecule has 2 N–H and O–H groups in total. The first-order valence-corrected chi connectivity index (χ1v) is 6.36. The maximum absolute atomic E-state index is 11.7. The van der Waals surface area contributed by atoms with E-state index in [0.29, 0.717) is 16.0 Å². The first kappa shape index (κ1) is 11.9. The summed E-state index contributed by atoms with van der Waals surface area (Å²) in [6.45, 7) is 0.117. The van der Waals surface area contributed by atoms with Gasteiger partial charge in [0, 0.05) is 0 Å². The monoisotopic (exact) mass is 320 g/mol. The Morgan fingerprint density at radius 1 is 1.26 bits per heavy atom. The number of aromatic amines is 1. The Hall–Kier alpha value is -2.15. The van der Waals surface area contributed by atoms with Gasteiger partial charge < -0.3 is 15.2 Å². The SMILES string of the molecule is O=C1CN(c2nc[nH]c(=O)c2Br)c2ccccc2N1. The standard InChI is InChI=1S/C12H9BrN4O2/c13-10-11(14-6-15-12(10)19)17-5-9(18)16-7-3-1-2-4-8(7)17/h1-4,6H,5H2,(H,16,18)(H,14,15,19). The molecule has 2 aromatic rings. The van der Waals surface area contributed by atoms with Crippen molar-refractivity contribution in [3.8, 4) is 0 Å². The lowest BCUT2D eigenvalue weighted by Crippen LogP contribution is -2.36. The molecular formula is C12H9BrN4O2. The molecule has 0 bridgehead atoms. The molecular weight excluding hydrogens is 312 g/mol. The van der Waals surface area contributed by atoms with Crippen LogP contribution in [0.5, 0.6) is 0 Å². The van der Waals surface area contributed by atoms with E-state index in [0.717, 1.165) is 5.69 Å². The predicted octanol–water partition coefficient (Wildman–Crippen LogP) is 1.62. The van der Waals surface area contributed by atoms with Gasteiger partial charge in [-0.2, -0.15) is 0 Å². The number of para-hydroxylation sites is 2. The molecule has 6 nitrogen and oxygen atoms in total. The van der Waals surface area contributed by atoms with Crippen LogP contribution < -0.4 is 15.8 Å². The molecule has 0 atom stereocenters. The summed E-state index contributed by atoms with van der Waals surface area (Å²) in [6, 6.07) is 7.37. The van der Waals surface area contributed by atoms with Gasteiger partial charge in [0.05, 0.1) is 17.7 Å². The largest absolute Gasteiger partial charge is 0.323 e. The second-order valence-corrected chi connectivity index (χ2v) is 4.81. The Morgan fingerprint density at radius 2 is 2.05 bits per heavy atom. The first-order valence-electron chi connectivity index (χ1n) is 5.56. The lowest BCUT2D eigenvalue weighted by atomic mass is 10.2. The second-order valence-electron chi connectivity index (χ2n) is 4.02. The third-order valence-corrected chi connectivity index (χ3v) is 3.52. The number of hydrogen-bond donors (Lipinski definition) is 2. The van der Waals surface area contributed by atoms with Crippen molar-refractivity contribution in [2.75, 3.05) is 16.8 Å². The van der Waals surface area contributed by atoms with Crippen molar-refractivity contribution in [3.63, 3.8) is 0 Å². The van der Waals surface area contributed by atoms with Crippen LogP contribution in [0.2, 0.25) is 0 Å². The normalized spacial score (nSPS) is 13.9. The molecule has 19 heavy (non-hydrogen) atoms. The third-order valence-electron chi connectivity index (χ3n) is 2.80. The molecule has 0 aliphatic carbocycles. The summed E-state index contributed by atoms with van der Waals surface area (Å²) in [6.07, 6.45) is 1.32. The fraction of sp³-hybridized carbons (Fsp3) is 0.0833. The number of nitrogens with zero attached hydrogens (tertiary/aromatic N) is 2. The van der Waals surface area contributed by atoms with Crippen LogP contribution in [0.3, 0.4) is 0 Å². The molecule has 7 heteroatoms. The van der Waals surface area contributed by atoms with Crippen LogP contribution in [0.4, 0.5) is 17.2 Å². The number of carbonyl (C=O) groups excluding carboxylic acids is 1. The Bertz CT molecular complexity index is 713. The van der Waals surface area contributed by atoms with Gasteiger partial charge in [0.2, 0.25) is 5.91 Å². The van der Waals surface area contributed by atoms with Gasteiger partial charge in [0.25, 0.3) is 5.56 Å². The van der Waals surface area contributed by atoms with Crippen LogP contribution in [0.1, 0.15) is 0 Å². The van der Waals surface area contributed by atoms with Crippen LogP contribution in [0, 0.1) is 0 Å². The maximum Gasteiger partial charge on any atom is 0.267 e. The van der Waals surface area contributed by atoms with Crippen LogP contribution in [-0.2, 0) is 4.79 Å².